The molecule has 23 heteroatoms. The molecular formula is C37H46N3O16S4+. The summed E-state index contributed by atoms with van der Waals surface area (Å²) in [6.07, 6.45) is 6.02. The fourth-order valence-corrected chi connectivity index (χ4v) is 9.87. The molecule has 0 saturated carbocycles. The maximum absolute atomic E-state index is 12.4. The summed E-state index contributed by atoms with van der Waals surface area (Å²) in [6.45, 7) is 3.74. The van der Waals surface area contributed by atoms with Gasteiger partial charge in [-0.2, -0.15) is 38.2 Å². The number of rotatable bonds is 19. The molecule has 3 heterocycles. The van der Waals surface area contributed by atoms with Crippen LogP contribution in [0.3, 0.4) is 0 Å². The summed E-state index contributed by atoms with van der Waals surface area (Å²) in [5.74, 6) is -3.18. The molecule has 5 rings (SSSR count). The molecule has 60 heavy (non-hydrogen) atoms. The first-order valence-electron chi connectivity index (χ1n) is 18.7. The van der Waals surface area contributed by atoms with Crippen LogP contribution in [0.2, 0.25) is 0 Å². The van der Waals surface area contributed by atoms with E-state index in [1.165, 1.54) is 36.4 Å². The van der Waals surface area contributed by atoms with Crippen LogP contribution in [0, 0.1) is 0 Å². The third-order valence-electron chi connectivity index (χ3n) is 10.9. The molecule has 2 aromatic carbocycles. The van der Waals surface area contributed by atoms with E-state index in [4.69, 9.17) is 4.84 Å². The van der Waals surface area contributed by atoms with Gasteiger partial charge < -0.3 is 10.2 Å². The lowest BCUT2D eigenvalue weighted by atomic mass is 9.75. The van der Waals surface area contributed by atoms with Crippen LogP contribution in [0.1, 0.15) is 89.2 Å². The Bertz CT molecular complexity index is 2620. The Morgan fingerprint density at radius 2 is 1.32 bits per heavy atom. The van der Waals surface area contributed by atoms with Crippen molar-refractivity contribution in [3.63, 3.8) is 0 Å². The molecular weight excluding hydrogens is 871 g/mol. The van der Waals surface area contributed by atoms with E-state index in [0.29, 0.717) is 58.2 Å². The van der Waals surface area contributed by atoms with Gasteiger partial charge in [0.15, 0.2) is 5.71 Å². The average molecular weight is 917 g/mol. The first-order valence-corrected chi connectivity index (χ1v) is 24.8. The van der Waals surface area contributed by atoms with Crippen molar-refractivity contribution in [2.24, 2.45) is 0 Å². The molecule has 5 N–H and O–H groups in total. The number of nitrogens with one attached hydrogen (secondary N) is 1. The smallest absolute Gasteiger partial charge is 0.333 e. The van der Waals surface area contributed by atoms with E-state index in [0.717, 1.165) is 0 Å². The normalized spacial score (nSPS) is 21.6. The largest absolute Gasteiger partial charge is 0.358 e. The highest BCUT2D eigenvalue weighted by Crippen LogP contribution is 2.48. The van der Waals surface area contributed by atoms with Crippen molar-refractivity contribution in [1.82, 2.24) is 5.06 Å². The Kier molecular flexibility index (Phi) is 13.7. The Hall–Kier alpha value is -4.36. The fourth-order valence-electron chi connectivity index (χ4n) is 7.84. The molecule has 0 aromatic heterocycles. The lowest BCUT2D eigenvalue weighted by Gasteiger charge is -2.26. The molecule has 0 aliphatic carbocycles. The summed E-state index contributed by atoms with van der Waals surface area (Å²) >= 11 is 0. The van der Waals surface area contributed by atoms with Crippen LogP contribution in [0.5, 0.6) is 0 Å². The number of fused-ring (bicyclic) bond motifs is 2. The minimum atomic E-state index is -4.69. The van der Waals surface area contributed by atoms with Crippen LogP contribution in [-0.2, 0) is 70.5 Å². The predicted octanol–water partition coefficient (Wildman–Crippen LogP) is 3.86. The first-order chi connectivity index (χ1) is 27.7. The van der Waals surface area contributed by atoms with Gasteiger partial charge >= 0.3 is 5.97 Å². The standard InChI is InChI=1S/C37H45N3O16S4/c1-36(18-7-21-57(44,45)46)27-23-25(59(50,51)52)12-14-29(27)38-31(36)9-6-10-32-37(2,19-8-22-58(47,48)49)28-24-26(60(53,54)55)13-15-30(28)39(32)20-5-3-4-11-35(43)56-40-33(41)16-17-34(40)42/h6,9-10,12-15,23-24H,3-5,7-8,11,16-22H2,1-2H3,(H4,44,45,46,47,48,49,50,51,52,53,54,55)/p+1. The highest BCUT2D eigenvalue weighted by Gasteiger charge is 2.48. The van der Waals surface area contributed by atoms with E-state index in [1.54, 1.807) is 32.1 Å². The van der Waals surface area contributed by atoms with E-state index in [2.05, 4.69) is 5.32 Å². The van der Waals surface area contributed by atoms with Crippen LogP contribution in [0.4, 0.5) is 11.4 Å². The van der Waals surface area contributed by atoms with E-state index in [1.807, 2.05) is 4.58 Å². The molecule has 1 saturated heterocycles. The molecule has 2 unspecified atom stereocenters. The van der Waals surface area contributed by atoms with Gasteiger partial charge in [-0.05, 0) is 94.3 Å². The maximum Gasteiger partial charge on any atom is 0.333 e. The zero-order valence-corrected chi connectivity index (χ0v) is 35.9. The number of benzene rings is 2. The van der Waals surface area contributed by atoms with Crippen molar-refractivity contribution in [3.05, 3.63) is 71.5 Å². The van der Waals surface area contributed by atoms with Gasteiger partial charge in [-0.3, -0.25) is 27.8 Å². The van der Waals surface area contributed by atoms with Crippen LogP contribution in [0.25, 0.3) is 0 Å². The summed E-state index contributed by atoms with van der Waals surface area (Å²) < 4.78 is 136. The van der Waals surface area contributed by atoms with Gasteiger partial charge in [-0.1, -0.05) is 6.08 Å². The molecule has 19 nitrogen and oxygen atoms in total. The Morgan fingerprint density at radius 1 is 0.767 bits per heavy atom. The van der Waals surface area contributed by atoms with Crippen molar-refractivity contribution in [2.75, 3.05) is 23.4 Å². The number of hydrogen-bond donors (Lipinski definition) is 5. The summed E-state index contributed by atoms with van der Waals surface area (Å²) in [5.41, 5.74) is 0.638. The van der Waals surface area contributed by atoms with Gasteiger partial charge in [-0.25, -0.2) is 4.79 Å². The van der Waals surface area contributed by atoms with Crippen LogP contribution in [0.15, 0.2) is 70.1 Å². The van der Waals surface area contributed by atoms with Crippen LogP contribution in [-0.4, -0.2) is 103 Å². The summed E-state index contributed by atoms with van der Waals surface area (Å²) in [5, 5.41) is 3.68. The number of amides is 2. The number of carbonyl (C=O) groups is 3. The zero-order valence-electron chi connectivity index (χ0n) is 32.6. The number of anilines is 1. The van der Waals surface area contributed by atoms with Gasteiger partial charge in [0.25, 0.3) is 52.3 Å². The van der Waals surface area contributed by atoms with Crippen molar-refractivity contribution >= 4 is 75.3 Å². The predicted molar refractivity (Wildman–Crippen MR) is 215 cm³/mol. The number of nitrogens with zero attached hydrogens (tertiary/aromatic N) is 2. The number of carbonyl (C=O) groups excluding carboxylic acids is 3. The van der Waals surface area contributed by atoms with E-state index < -0.39 is 90.4 Å². The van der Waals surface area contributed by atoms with E-state index in [-0.39, 0.29) is 51.5 Å². The molecule has 3 aliphatic rings. The van der Waals surface area contributed by atoms with Crippen molar-refractivity contribution in [2.45, 2.75) is 98.7 Å². The third-order valence-corrected chi connectivity index (χ3v) is 14.2. The van der Waals surface area contributed by atoms with Crippen LogP contribution >= 0.6 is 0 Å². The highest BCUT2D eigenvalue weighted by atomic mass is 32.2. The maximum atomic E-state index is 12.4. The van der Waals surface area contributed by atoms with E-state index >= 15 is 0 Å². The molecule has 328 valence electrons. The van der Waals surface area contributed by atoms with Gasteiger partial charge in [0.05, 0.1) is 26.7 Å². The summed E-state index contributed by atoms with van der Waals surface area (Å²) in [4.78, 5) is 40.2. The Morgan fingerprint density at radius 3 is 1.88 bits per heavy atom. The summed E-state index contributed by atoms with van der Waals surface area (Å²) in [6, 6.07) is 7.90. The third kappa shape index (κ3) is 10.9. The van der Waals surface area contributed by atoms with Crippen molar-refractivity contribution in [1.29, 1.82) is 0 Å². The minimum Gasteiger partial charge on any atom is -0.358 e. The fraction of sp³-hybridized carbons (Fsp3) is 0.459. The first kappa shape index (κ1) is 46.7. The second kappa shape index (κ2) is 17.6. The number of hydroxylamine groups is 2. The van der Waals surface area contributed by atoms with Crippen LogP contribution < -0.4 is 5.32 Å². The Labute approximate surface area is 348 Å². The Balaban J connectivity index is 1.52. The second-order valence-electron chi connectivity index (χ2n) is 15.2. The SMILES string of the molecule is CC1(CCCS(=O)(=O)O)C(/C=C/C=C2/Nc3ccc(S(=O)(=O)O)cc3C2(C)CCCS(=O)(=O)O)=[N+](CCCCCC(=O)ON2C(=O)CCC2=O)c2ccc(S(=O)(=O)O)cc21. The molecule has 0 bridgehead atoms. The molecule has 0 radical (unpaired) electrons. The number of unbranched alkanes of at least 4 members (excludes halogenated alkanes) is 2. The van der Waals surface area contributed by atoms with Gasteiger partial charge in [0.1, 0.15) is 6.54 Å². The summed E-state index contributed by atoms with van der Waals surface area (Å²) in [7, 11) is -18.1. The quantitative estimate of drug-likeness (QED) is 0.0578. The lowest BCUT2D eigenvalue weighted by Crippen LogP contribution is -2.32. The van der Waals surface area contributed by atoms with Crippen molar-refractivity contribution < 1.29 is 75.7 Å². The number of allylic oxidation sites excluding steroid dienone is 4. The lowest BCUT2D eigenvalue weighted by molar-refractivity contribution is -0.438. The van der Waals surface area contributed by atoms with Gasteiger partial charge in [0, 0.05) is 60.2 Å². The molecule has 2 aromatic rings. The molecule has 1 fully saturated rings. The highest BCUT2D eigenvalue weighted by molar-refractivity contribution is 7.86. The second-order valence-corrected chi connectivity index (χ2v) is 21.2. The van der Waals surface area contributed by atoms with Crippen molar-refractivity contribution in [3.8, 4) is 0 Å². The average Bonchev–Trinajstić information content (AvgIpc) is 3.67. The van der Waals surface area contributed by atoms with Gasteiger partial charge in [-0.15, -0.1) is 5.06 Å². The number of hydrogen-bond acceptors (Lipinski definition) is 13. The minimum absolute atomic E-state index is 0.0395. The molecule has 2 amide bonds. The topological polar surface area (TPSA) is 296 Å². The molecule has 3 aliphatic heterocycles. The molecule has 2 atom stereocenters. The monoisotopic (exact) mass is 916 g/mol. The molecule has 0 spiro atoms. The van der Waals surface area contributed by atoms with E-state index in [9.17, 15) is 66.3 Å². The zero-order chi connectivity index (χ0) is 44.5. The number of imide groups is 1. The van der Waals surface area contributed by atoms with Gasteiger partial charge in [0.2, 0.25) is 5.69 Å².